The molecule has 0 aromatic rings. The van der Waals surface area contributed by atoms with Gasteiger partial charge in [0.15, 0.2) is 0 Å². The van der Waals surface area contributed by atoms with Crippen molar-refractivity contribution in [1.82, 2.24) is 4.90 Å². The highest BCUT2D eigenvalue weighted by atomic mass is 16.5. The molecule has 9 atom stereocenters. The Labute approximate surface area is 163 Å². The summed E-state index contributed by atoms with van der Waals surface area (Å²) in [7, 11) is 1.52. The van der Waals surface area contributed by atoms with E-state index in [1.807, 2.05) is 0 Å². The highest BCUT2D eigenvalue weighted by Crippen LogP contribution is 2.84. The molecular formula is C23H35NO3. The fourth-order valence-electron chi connectivity index (χ4n) is 10.6. The van der Waals surface area contributed by atoms with E-state index >= 15 is 0 Å². The van der Waals surface area contributed by atoms with Gasteiger partial charge in [-0.05, 0) is 73.5 Å². The molecule has 4 heteroatoms. The van der Waals surface area contributed by atoms with Gasteiger partial charge in [-0.1, -0.05) is 20.3 Å². The molecule has 1 N–H and O–H groups in total. The Morgan fingerprint density at radius 1 is 1.22 bits per heavy atom. The first-order chi connectivity index (χ1) is 12.9. The fraction of sp³-hybridized carbons (Fsp3) is 0.957. The highest BCUT2D eigenvalue weighted by molar-refractivity contribution is 5.69. The van der Waals surface area contributed by atoms with Gasteiger partial charge in [0.1, 0.15) is 0 Å². The SMILES string of the molecule is COC(=O)CC[C@]12[C@@H]3[C@@H]4CC[C@@]1(C)[C@]1(O)CC[C@@]5(CCC[C@H]52)[C@@H]1N3C[C@H]4C. The van der Waals surface area contributed by atoms with Crippen molar-refractivity contribution in [2.45, 2.75) is 89.3 Å². The Morgan fingerprint density at radius 3 is 2.81 bits per heavy atom. The number of ether oxygens (including phenoxy) is 1. The number of aliphatic hydroxyl groups is 1. The Morgan fingerprint density at radius 2 is 2.04 bits per heavy atom. The zero-order valence-corrected chi connectivity index (χ0v) is 17.2. The third-order valence-corrected chi connectivity index (χ3v) is 11.2. The van der Waals surface area contributed by atoms with Gasteiger partial charge in [-0.2, -0.15) is 0 Å². The Balaban J connectivity index is 1.59. The van der Waals surface area contributed by atoms with Crippen molar-refractivity contribution in [2.24, 2.45) is 34.0 Å². The van der Waals surface area contributed by atoms with Crippen LogP contribution in [0.1, 0.15) is 71.6 Å². The summed E-state index contributed by atoms with van der Waals surface area (Å²) in [4.78, 5) is 15.1. The molecule has 4 nitrogen and oxygen atoms in total. The normalized spacial score (nSPS) is 59.9. The zero-order valence-electron chi connectivity index (χ0n) is 17.2. The van der Waals surface area contributed by atoms with Crippen LogP contribution in [0.3, 0.4) is 0 Å². The first kappa shape index (κ1) is 17.3. The molecule has 3 saturated heterocycles. The molecular weight excluding hydrogens is 338 g/mol. The van der Waals surface area contributed by atoms with E-state index in [1.54, 1.807) is 0 Å². The van der Waals surface area contributed by atoms with Crippen molar-refractivity contribution >= 4 is 5.97 Å². The molecule has 7 fully saturated rings. The van der Waals surface area contributed by atoms with Crippen molar-refractivity contribution < 1.29 is 14.6 Å². The lowest BCUT2D eigenvalue weighted by molar-refractivity contribution is -0.337. The molecule has 7 aliphatic rings. The van der Waals surface area contributed by atoms with Crippen LogP contribution in [0.4, 0.5) is 0 Å². The maximum Gasteiger partial charge on any atom is 0.305 e. The minimum Gasteiger partial charge on any atom is -0.469 e. The van der Waals surface area contributed by atoms with Crippen molar-refractivity contribution in [3.63, 3.8) is 0 Å². The van der Waals surface area contributed by atoms with Crippen molar-refractivity contribution in [2.75, 3.05) is 13.7 Å². The summed E-state index contributed by atoms with van der Waals surface area (Å²) in [5.74, 6) is 2.10. The van der Waals surface area contributed by atoms with Crippen LogP contribution in [-0.2, 0) is 9.53 Å². The number of hydrogen-bond acceptors (Lipinski definition) is 4. The van der Waals surface area contributed by atoms with Crippen LogP contribution in [0.15, 0.2) is 0 Å². The quantitative estimate of drug-likeness (QED) is 0.771. The van der Waals surface area contributed by atoms with E-state index in [1.165, 1.54) is 39.2 Å². The van der Waals surface area contributed by atoms with Gasteiger partial charge >= 0.3 is 5.97 Å². The lowest BCUT2D eigenvalue weighted by Crippen LogP contribution is -2.84. The van der Waals surface area contributed by atoms with E-state index in [2.05, 4.69) is 18.7 Å². The van der Waals surface area contributed by atoms with E-state index in [0.29, 0.717) is 29.8 Å². The van der Waals surface area contributed by atoms with Crippen LogP contribution >= 0.6 is 0 Å². The number of esters is 1. The summed E-state index contributed by atoms with van der Waals surface area (Å²) >= 11 is 0. The average molecular weight is 374 g/mol. The van der Waals surface area contributed by atoms with Crippen LogP contribution in [0, 0.1) is 34.0 Å². The van der Waals surface area contributed by atoms with E-state index in [-0.39, 0.29) is 16.8 Å². The molecule has 27 heavy (non-hydrogen) atoms. The summed E-state index contributed by atoms with van der Waals surface area (Å²) in [6.07, 6.45) is 9.95. The summed E-state index contributed by atoms with van der Waals surface area (Å²) in [6.45, 7) is 6.03. The summed E-state index contributed by atoms with van der Waals surface area (Å²) < 4.78 is 5.08. The standard InChI is InChI=1S/C23H35NO3/c1-14-13-24-18-15(14)6-9-20(2)22(18,10-7-17(25)27-3)16-5-4-8-21(16)11-12-23(20,26)19(21)24/h14-16,18-19,26H,4-13H2,1-3H3/t14-,15-,16-,18+,19+,20-,21-,22+,23+/m1/s1. The second kappa shape index (κ2) is 4.92. The number of nitrogens with zero attached hydrogens (tertiary/aromatic N) is 1. The summed E-state index contributed by atoms with van der Waals surface area (Å²) in [5.41, 5.74) is -0.205. The first-order valence-electron chi connectivity index (χ1n) is 11.4. The Hall–Kier alpha value is -0.610. The summed E-state index contributed by atoms with van der Waals surface area (Å²) in [5, 5.41) is 12.4. The Bertz CT molecular complexity index is 710. The average Bonchev–Trinajstić information content (AvgIpc) is 3.30. The molecule has 0 amide bonds. The van der Waals surface area contributed by atoms with E-state index in [9.17, 15) is 9.90 Å². The van der Waals surface area contributed by atoms with Gasteiger partial charge in [0, 0.05) is 30.5 Å². The van der Waals surface area contributed by atoms with Gasteiger partial charge in [0.2, 0.25) is 0 Å². The molecule has 0 aromatic heterocycles. The smallest absolute Gasteiger partial charge is 0.305 e. The van der Waals surface area contributed by atoms with Crippen LogP contribution in [0.25, 0.3) is 0 Å². The van der Waals surface area contributed by atoms with E-state index < -0.39 is 5.60 Å². The van der Waals surface area contributed by atoms with Gasteiger partial charge in [0.05, 0.1) is 12.7 Å². The topological polar surface area (TPSA) is 49.8 Å². The minimum absolute atomic E-state index is 0.0462. The van der Waals surface area contributed by atoms with Crippen LogP contribution < -0.4 is 0 Å². The van der Waals surface area contributed by atoms with Crippen LogP contribution in [0.5, 0.6) is 0 Å². The molecule has 6 bridgehead atoms. The molecule has 4 saturated carbocycles. The number of methoxy groups -OCH3 is 1. The maximum atomic E-state index is 12.4. The van der Waals surface area contributed by atoms with Crippen molar-refractivity contribution in [1.29, 1.82) is 0 Å². The first-order valence-corrected chi connectivity index (χ1v) is 11.4. The van der Waals surface area contributed by atoms with Gasteiger partial charge in [0.25, 0.3) is 0 Å². The van der Waals surface area contributed by atoms with Gasteiger partial charge in [-0.15, -0.1) is 0 Å². The number of piperidine rings is 2. The number of rotatable bonds is 3. The van der Waals surface area contributed by atoms with Crippen molar-refractivity contribution in [3.8, 4) is 0 Å². The molecule has 150 valence electrons. The molecule has 1 spiro atoms. The lowest BCUT2D eigenvalue weighted by atomic mass is 9.33. The number of carbonyl (C=O) groups is 1. The predicted molar refractivity (Wildman–Crippen MR) is 102 cm³/mol. The van der Waals surface area contributed by atoms with Crippen LogP contribution in [0.2, 0.25) is 0 Å². The third kappa shape index (κ3) is 1.53. The molecule has 0 radical (unpaired) electrons. The van der Waals surface area contributed by atoms with Crippen molar-refractivity contribution in [3.05, 3.63) is 0 Å². The number of carbonyl (C=O) groups excluding carboxylic acids is 1. The number of hydrogen-bond donors (Lipinski definition) is 1. The molecule has 7 rings (SSSR count). The molecule has 3 heterocycles. The monoisotopic (exact) mass is 373 g/mol. The van der Waals surface area contributed by atoms with Crippen LogP contribution in [-0.4, -0.2) is 47.3 Å². The van der Waals surface area contributed by atoms with Gasteiger partial charge in [-0.3, -0.25) is 9.69 Å². The van der Waals surface area contributed by atoms with E-state index in [4.69, 9.17) is 4.74 Å². The second-order valence-corrected chi connectivity index (χ2v) is 11.3. The van der Waals surface area contributed by atoms with Gasteiger partial charge < -0.3 is 9.84 Å². The molecule has 4 aliphatic carbocycles. The highest BCUT2D eigenvalue weighted by Gasteiger charge is 2.87. The predicted octanol–water partition coefficient (Wildman–Crippen LogP) is 3.37. The Kier molecular flexibility index (Phi) is 3.15. The maximum absolute atomic E-state index is 12.4. The summed E-state index contributed by atoms with van der Waals surface area (Å²) in [6, 6.07) is 0.954. The lowest BCUT2D eigenvalue weighted by Gasteiger charge is -2.78. The second-order valence-electron chi connectivity index (χ2n) is 11.3. The largest absolute Gasteiger partial charge is 0.469 e. The third-order valence-electron chi connectivity index (χ3n) is 11.2. The molecule has 0 aromatic carbocycles. The zero-order chi connectivity index (χ0) is 18.8. The molecule has 0 unspecified atom stereocenters. The fourth-order valence-corrected chi connectivity index (χ4v) is 10.6. The minimum atomic E-state index is -0.560. The molecule has 3 aliphatic heterocycles. The van der Waals surface area contributed by atoms with E-state index in [0.717, 1.165) is 37.6 Å². The van der Waals surface area contributed by atoms with Gasteiger partial charge in [-0.25, -0.2) is 0 Å².